The van der Waals surface area contributed by atoms with Crippen molar-refractivity contribution in [1.29, 1.82) is 0 Å². The number of rotatable bonds is 5. The van der Waals surface area contributed by atoms with E-state index in [-0.39, 0.29) is 11.9 Å². The molecule has 3 rings (SSSR count). The Morgan fingerprint density at radius 2 is 1.74 bits per heavy atom. The van der Waals surface area contributed by atoms with Crippen molar-refractivity contribution >= 4 is 11.9 Å². The molecule has 2 saturated carbocycles. The average molecular weight is 267 g/mol. The van der Waals surface area contributed by atoms with Crippen molar-refractivity contribution in [3.05, 3.63) is 0 Å². The van der Waals surface area contributed by atoms with E-state index in [9.17, 15) is 9.59 Å². The number of ether oxygens (including phenoxy) is 1. The van der Waals surface area contributed by atoms with E-state index in [2.05, 4.69) is 6.92 Å². The number of carbonyl (C=O) groups excluding carboxylic acids is 1. The fourth-order valence-electron chi connectivity index (χ4n) is 3.04. The van der Waals surface area contributed by atoms with Crippen LogP contribution in [0.2, 0.25) is 0 Å². The number of amides is 1. The molecule has 3 fully saturated rings. The van der Waals surface area contributed by atoms with Gasteiger partial charge in [-0.25, -0.2) is 4.79 Å². The fourth-order valence-corrected chi connectivity index (χ4v) is 3.04. The lowest BCUT2D eigenvalue weighted by molar-refractivity contribution is -0.156. The first-order valence-electron chi connectivity index (χ1n) is 7.28. The summed E-state index contributed by atoms with van der Waals surface area (Å²) in [4.78, 5) is 25.5. The van der Waals surface area contributed by atoms with E-state index >= 15 is 0 Å². The van der Waals surface area contributed by atoms with Crippen LogP contribution in [0.3, 0.4) is 0 Å². The highest BCUT2D eigenvalue weighted by atomic mass is 16.5. The minimum Gasteiger partial charge on any atom is -0.479 e. The summed E-state index contributed by atoms with van der Waals surface area (Å²) >= 11 is 0. The Morgan fingerprint density at radius 1 is 1.11 bits per heavy atom. The number of carbonyl (C=O) groups is 2. The third-order valence-electron chi connectivity index (χ3n) is 4.51. The smallest absolute Gasteiger partial charge is 0.332 e. The summed E-state index contributed by atoms with van der Waals surface area (Å²) in [5.41, 5.74) is 0. The van der Waals surface area contributed by atoms with Crippen molar-refractivity contribution in [2.75, 3.05) is 0 Å². The third kappa shape index (κ3) is 2.61. The molecule has 0 aromatic carbocycles. The minimum atomic E-state index is -0.955. The Kier molecular flexibility index (Phi) is 3.25. The Bertz CT molecular complexity index is 389. The van der Waals surface area contributed by atoms with Gasteiger partial charge in [-0.05, 0) is 51.4 Å². The van der Waals surface area contributed by atoms with Gasteiger partial charge in [-0.1, -0.05) is 0 Å². The number of aliphatic carboxylic acids is 1. The molecular formula is C14H21NO4. The summed E-state index contributed by atoms with van der Waals surface area (Å²) in [6.07, 6.45) is 4.23. The highest BCUT2D eigenvalue weighted by Gasteiger charge is 2.45. The quantitative estimate of drug-likeness (QED) is 0.818. The van der Waals surface area contributed by atoms with Crippen molar-refractivity contribution < 1.29 is 19.4 Å². The van der Waals surface area contributed by atoms with E-state index in [0.717, 1.165) is 12.8 Å². The van der Waals surface area contributed by atoms with Crippen LogP contribution in [0.5, 0.6) is 0 Å². The fraction of sp³-hybridized carbons (Fsp3) is 0.857. The standard InChI is InChI=1S/C14H21NO4/c1-8(9-2-3-9)15(10-4-5-10)13(16)11-6-7-12(19-11)14(17)18/h8-12H,2-7H2,1H3,(H,17,18)/t8?,11-,12+/m0/s1. The average Bonchev–Trinajstić information content (AvgIpc) is 3.28. The van der Waals surface area contributed by atoms with E-state index in [1.807, 2.05) is 4.90 Å². The topological polar surface area (TPSA) is 66.8 Å². The van der Waals surface area contributed by atoms with Gasteiger partial charge in [-0.15, -0.1) is 0 Å². The second kappa shape index (κ2) is 4.78. The van der Waals surface area contributed by atoms with E-state index in [0.29, 0.717) is 24.8 Å². The molecule has 0 aromatic rings. The molecule has 3 atom stereocenters. The molecule has 5 nitrogen and oxygen atoms in total. The molecule has 0 aromatic heterocycles. The predicted octanol–water partition coefficient (Wildman–Crippen LogP) is 1.41. The van der Waals surface area contributed by atoms with E-state index in [1.165, 1.54) is 12.8 Å². The highest BCUT2D eigenvalue weighted by molar-refractivity contribution is 5.83. The molecule has 0 spiro atoms. The van der Waals surface area contributed by atoms with Crippen molar-refractivity contribution in [1.82, 2.24) is 4.90 Å². The zero-order valence-electron chi connectivity index (χ0n) is 11.2. The summed E-state index contributed by atoms with van der Waals surface area (Å²) < 4.78 is 5.40. The first kappa shape index (κ1) is 12.9. The van der Waals surface area contributed by atoms with Crippen molar-refractivity contribution in [3.63, 3.8) is 0 Å². The van der Waals surface area contributed by atoms with Gasteiger partial charge >= 0.3 is 5.97 Å². The van der Waals surface area contributed by atoms with E-state index < -0.39 is 18.2 Å². The molecule has 1 N–H and O–H groups in total. The highest BCUT2D eigenvalue weighted by Crippen LogP contribution is 2.40. The summed E-state index contributed by atoms with van der Waals surface area (Å²) in [6, 6.07) is 0.656. The van der Waals surface area contributed by atoms with Gasteiger partial charge in [0.15, 0.2) is 6.10 Å². The second-order valence-corrected chi connectivity index (χ2v) is 6.08. The maximum atomic E-state index is 12.6. The Labute approximate surface area is 112 Å². The third-order valence-corrected chi connectivity index (χ3v) is 4.51. The van der Waals surface area contributed by atoms with Gasteiger partial charge in [-0.3, -0.25) is 4.79 Å². The summed E-state index contributed by atoms with van der Waals surface area (Å²) in [5.74, 6) is -0.296. The Balaban J connectivity index is 1.65. The molecule has 1 amide bonds. The molecule has 5 heteroatoms. The van der Waals surface area contributed by atoms with Crippen molar-refractivity contribution in [2.24, 2.45) is 5.92 Å². The molecule has 19 heavy (non-hydrogen) atoms. The number of hydrogen-bond donors (Lipinski definition) is 1. The van der Waals surface area contributed by atoms with Gasteiger partial charge in [0.05, 0.1) is 0 Å². The lowest BCUT2D eigenvalue weighted by atomic mass is 10.1. The summed E-state index contributed by atoms with van der Waals surface area (Å²) in [6.45, 7) is 2.12. The maximum Gasteiger partial charge on any atom is 0.332 e. The van der Waals surface area contributed by atoms with Gasteiger partial charge in [0.25, 0.3) is 5.91 Å². The number of carboxylic acids is 1. The molecular weight excluding hydrogens is 246 g/mol. The molecule has 3 aliphatic rings. The normalized spacial score (nSPS) is 32.1. The monoisotopic (exact) mass is 267 g/mol. The molecule has 2 aliphatic carbocycles. The van der Waals surface area contributed by atoms with E-state index in [4.69, 9.17) is 9.84 Å². The van der Waals surface area contributed by atoms with Gasteiger partial charge in [0.2, 0.25) is 0 Å². The lowest BCUT2D eigenvalue weighted by Gasteiger charge is -2.31. The van der Waals surface area contributed by atoms with Crippen LogP contribution in [0, 0.1) is 5.92 Å². The predicted molar refractivity (Wildman–Crippen MR) is 67.6 cm³/mol. The van der Waals surface area contributed by atoms with E-state index in [1.54, 1.807) is 0 Å². The van der Waals surface area contributed by atoms with Gasteiger partial charge < -0.3 is 14.7 Å². The van der Waals surface area contributed by atoms with Crippen LogP contribution >= 0.6 is 0 Å². The van der Waals surface area contributed by atoms with Crippen LogP contribution < -0.4 is 0 Å². The van der Waals surface area contributed by atoms with Crippen LogP contribution in [-0.4, -0.2) is 46.2 Å². The Hall–Kier alpha value is -1.10. The minimum absolute atomic E-state index is 0.0191. The molecule has 1 saturated heterocycles. The summed E-state index contributed by atoms with van der Waals surface area (Å²) in [5, 5.41) is 8.93. The summed E-state index contributed by atoms with van der Waals surface area (Å²) in [7, 11) is 0. The molecule has 0 radical (unpaired) electrons. The van der Waals surface area contributed by atoms with Gasteiger partial charge in [0, 0.05) is 12.1 Å². The number of carboxylic acid groups (broad SMARTS) is 1. The van der Waals surface area contributed by atoms with Crippen molar-refractivity contribution in [3.8, 4) is 0 Å². The van der Waals surface area contributed by atoms with Crippen LogP contribution in [0.4, 0.5) is 0 Å². The van der Waals surface area contributed by atoms with Crippen molar-refractivity contribution in [2.45, 2.75) is 69.7 Å². The molecule has 1 aliphatic heterocycles. The first-order chi connectivity index (χ1) is 9.08. The lowest BCUT2D eigenvalue weighted by Crippen LogP contribution is -2.47. The zero-order chi connectivity index (χ0) is 13.6. The van der Waals surface area contributed by atoms with Crippen LogP contribution in [0.15, 0.2) is 0 Å². The first-order valence-corrected chi connectivity index (χ1v) is 7.28. The second-order valence-electron chi connectivity index (χ2n) is 6.08. The molecule has 0 bridgehead atoms. The van der Waals surface area contributed by atoms with Gasteiger partial charge in [0.1, 0.15) is 6.10 Å². The van der Waals surface area contributed by atoms with Crippen LogP contribution in [-0.2, 0) is 14.3 Å². The van der Waals surface area contributed by atoms with Crippen LogP contribution in [0.1, 0.15) is 45.4 Å². The molecule has 1 heterocycles. The SMILES string of the molecule is CC(C1CC1)N(C(=O)[C@@H]1CC[C@H](C(=O)O)O1)C1CC1. The number of nitrogens with zero attached hydrogens (tertiary/aromatic N) is 1. The molecule has 106 valence electrons. The largest absolute Gasteiger partial charge is 0.479 e. The van der Waals surface area contributed by atoms with Gasteiger partial charge in [-0.2, -0.15) is 0 Å². The molecule has 1 unspecified atom stereocenters. The van der Waals surface area contributed by atoms with Crippen LogP contribution in [0.25, 0.3) is 0 Å². The zero-order valence-corrected chi connectivity index (χ0v) is 11.2. The maximum absolute atomic E-state index is 12.6. The Morgan fingerprint density at radius 3 is 2.21 bits per heavy atom. The number of hydrogen-bond acceptors (Lipinski definition) is 3.